The van der Waals surface area contributed by atoms with Crippen LogP contribution in [0.1, 0.15) is 0 Å². The Hall–Kier alpha value is -2.85. The molecule has 6 N–H and O–H groups in total. The highest BCUT2D eigenvalue weighted by molar-refractivity contribution is 6.04. The van der Waals surface area contributed by atoms with Gasteiger partial charge < -0.3 is 36.0 Å². The number of nitrogens with one attached hydrogen (secondary N) is 3. The van der Waals surface area contributed by atoms with E-state index in [-0.39, 0.29) is 19.0 Å². The van der Waals surface area contributed by atoms with Gasteiger partial charge in [0.25, 0.3) is 0 Å². The lowest BCUT2D eigenvalue weighted by Gasteiger charge is -2.20. The first-order valence-corrected chi connectivity index (χ1v) is 10.1. The van der Waals surface area contributed by atoms with E-state index in [1.165, 1.54) is 0 Å². The summed E-state index contributed by atoms with van der Waals surface area (Å²) >= 11 is 0. The third-order valence-electron chi connectivity index (χ3n) is 5.00. The van der Waals surface area contributed by atoms with Crippen molar-refractivity contribution in [1.82, 2.24) is 20.4 Å². The van der Waals surface area contributed by atoms with Crippen molar-refractivity contribution in [3.05, 3.63) is 30.3 Å². The Morgan fingerprint density at radius 3 is 2.53 bits per heavy atom. The maximum absolute atomic E-state index is 9.98. The van der Waals surface area contributed by atoms with E-state index in [1.54, 1.807) is 18.2 Å². The maximum Gasteiger partial charge on any atom is 0.162 e. The summed E-state index contributed by atoms with van der Waals surface area (Å²) < 4.78 is 8.16. The molecule has 9 nitrogen and oxygen atoms in total. The fraction of sp³-hybridized carbons (Fsp3) is 0.381. The van der Waals surface area contributed by atoms with Crippen molar-refractivity contribution < 1.29 is 20.1 Å². The van der Waals surface area contributed by atoms with Crippen molar-refractivity contribution >= 4 is 16.6 Å². The highest BCUT2D eigenvalue weighted by Gasteiger charge is 2.27. The first kappa shape index (κ1) is 20.4. The van der Waals surface area contributed by atoms with Crippen LogP contribution in [0.15, 0.2) is 30.3 Å². The highest BCUT2D eigenvalue weighted by Crippen LogP contribution is 2.49. The Balaban J connectivity index is 1.68. The predicted octanol–water partition coefficient (Wildman–Crippen LogP) is 1.09. The van der Waals surface area contributed by atoms with E-state index < -0.39 is 0 Å². The molecule has 0 unspecified atom stereocenters. The van der Waals surface area contributed by atoms with Gasteiger partial charge in [0.1, 0.15) is 17.2 Å². The molecule has 4 rings (SSSR count). The van der Waals surface area contributed by atoms with E-state index in [0.717, 1.165) is 33.6 Å². The van der Waals surface area contributed by atoms with Crippen LogP contribution >= 0.6 is 0 Å². The number of aromatic nitrogens is 2. The van der Waals surface area contributed by atoms with Crippen LogP contribution in [0.2, 0.25) is 0 Å². The number of benzene rings is 2. The number of rotatable bonds is 11. The zero-order valence-corrected chi connectivity index (χ0v) is 16.7. The summed E-state index contributed by atoms with van der Waals surface area (Å²) in [6, 6.07) is 9.03. The molecule has 0 amide bonds. The third-order valence-corrected chi connectivity index (χ3v) is 5.00. The first-order valence-electron chi connectivity index (χ1n) is 10.1. The number of phenols is 1. The van der Waals surface area contributed by atoms with Gasteiger partial charge in [-0.15, -0.1) is 0 Å². The molecule has 0 bridgehead atoms. The molecule has 0 saturated heterocycles. The zero-order valence-electron chi connectivity index (χ0n) is 16.7. The number of nitrogens with zero attached hydrogens (tertiary/aromatic N) is 2. The van der Waals surface area contributed by atoms with Crippen molar-refractivity contribution in [1.29, 1.82) is 0 Å². The summed E-state index contributed by atoms with van der Waals surface area (Å²) in [4.78, 5) is 0. The standard InChI is InChI=1S/C21H27N5O4/c27-11-8-22-5-6-24-16-2-3-17-19-20(25-26(17)10-7-23-9-12-28)15-13-14(29)1-4-18(15)30-21(16)19/h1-4,13,22-24,27-29H,5-12H2. The number of hydrogen-bond donors (Lipinski definition) is 6. The Labute approximate surface area is 174 Å². The summed E-state index contributed by atoms with van der Waals surface area (Å²) in [6.45, 7) is 4.01. The largest absolute Gasteiger partial charge is 0.508 e. The molecule has 0 aliphatic carbocycles. The van der Waals surface area contributed by atoms with Gasteiger partial charge in [0.2, 0.25) is 0 Å². The summed E-state index contributed by atoms with van der Waals surface area (Å²) in [7, 11) is 0. The number of aromatic hydroxyl groups is 1. The van der Waals surface area contributed by atoms with Crippen LogP contribution in [0.25, 0.3) is 22.2 Å². The Bertz CT molecular complexity index is 1020. The van der Waals surface area contributed by atoms with Crippen LogP contribution in [0, 0.1) is 0 Å². The van der Waals surface area contributed by atoms with E-state index in [0.29, 0.717) is 45.0 Å². The number of aliphatic hydroxyl groups excluding tert-OH is 2. The van der Waals surface area contributed by atoms with E-state index in [9.17, 15) is 5.11 Å². The Morgan fingerprint density at radius 2 is 1.73 bits per heavy atom. The molecule has 2 aromatic carbocycles. The fourth-order valence-electron chi connectivity index (χ4n) is 3.63. The van der Waals surface area contributed by atoms with Crippen LogP contribution in [-0.2, 0) is 6.54 Å². The van der Waals surface area contributed by atoms with Gasteiger partial charge in [0.05, 0.1) is 36.3 Å². The molecule has 0 saturated carbocycles. The minimum Gasteiger partial charge on any atom is -0.508 e. The Kier molecular flexibility index (Phi) is 6.34. The minimum absolute atomic E-state index is 0.0952. The van der Waals surface area contributed by atoms with Gasteiger partial charge in [0, 0.05) is 38.3 Å². The lowest BCUT2D eigenvalue weighted by atomic mass is 10.0. The van der Waals surface area contributed by atoms with E-state index in [2.05, 4.69) is 16.0 Å². The van der Waals surface area contributed by atoms with Crippen LogP contribution in [0.4, 0.5) is 5.69 Å². The second kappa shape index (κ2) is 9.31. The molecule has 0 spiro atoms. The molecule has 0 radical (unpaired) electrons. The molecular weight excluding hydrogens is 386 g/mol. The van der Waals surface area contributed by atoms with Crippen LogP contribution in [0.5, 0.6) is 17.2 Å². The number of fused-ring (bicyclic) bond motifs is 2. The van der Waals surface area contributed by atoms with Gasteiger partial charge in [-0.2, -0.15) is 5.10 Å². The number of aliphatic hydroxyl groups is 2. The van der Waals surface area contributed by atoms with E-state index in [4.69, 9.17) is 20.0 Å². The quantitative estimate of drug-likeness (QED) is 0.202. The molecule has 30 heavy (non-hydrogen) atoms. The number of anilines is 1. The second-order valence-corrected chi connectivity index (χ2v) is 7.06. The van der Waals surface area contributed by atoms with Gasteiger partial charge in [-0.25, -0.2) is 0 Å². The van der Waals surface area contributed by atoms with Gasteiger partial charge in [-0.3, -0.25) is 4.68 Å². The van der Waals surface area contributed by atoms with Gasteiger partial charge in [-0.1, -0.05) is 0 Å². The molecule has 3 aromatic rings. The molecular formula is C21H27N5O4. The molecule has 0 atom stereocenters. The Morgan fingerprint density at radius 1 is 0.933 bits per heavy atom. The summed E-state index contributed by atoms with van der Waals surface area (Å²) in [6.07, 6.45) is 0. The van der Waals surface area contributed by atoms with Crippen LogP contribution in [-0.4, -0.2) is 71.0 Å². The summed E-state index contributed by atoms with van der Waals surface area (Å²) in [5.41, 5.74) is 3.35. The lowest BCUT2D eigenvalue weighted by Crippen LogP contribution is -2.25. The summed E-state index contributed by atoms with van der Waals surface area (Å²) in [5, 5.41) is 43.2. The van der Waals surface area contributed by atoms with Crippen molar-refractivity contribution in [2.45, 2.75) is 6.54 Å². The van der Waals surface area contributed by atoms with Crippen molar-refractivity contribution in [2.24, 2.45) is 0 Å². The van der Waals surface area contributed by atoms with Gasteiger partial charge >= 0.3 is 0 Å². The average molecular weight is 413 g/mol. The third kappa shape index (κ3) is 4.05. The molecule has 1 aliphatic rings. The fourth-order valence-corrected chi connectivity index (χ4v) is 3.63. The zero-order chi connectivity index (χ0) is 20.9. The van der Waals surface area contributed by atoms with Crippen molar-refractivity contribution in [2.75, 3.05) is 51.3 Å². The normalized spacial score (nSPS) is 12.1. The molecule has 1 aliphatic heterocycles. The van der Waals surface area contributed by atoms with Crippen molar-refractivity contribution in [3.63, 3.8) is 0 Å². The van der Waals surface area contributed by atoms with Crippen LogP contribution in [0.3, 0.4) is 0 Å². The molecule has 1 aromatic heterocycles. The maximum atomic E-state index is 9.98. The monoisotopic (exact) mass is 413 g/mol. The smallest absolute Gasteiger partial charge is 0.162 e. The first-order chi connectivity index (χ1) is 14.7. The predicted molar refractivity (Wildman–Crippen MR) is 115 cm³/mol. The minimum atomic E-state index is 0.0952. The molecule has 160 valence electrons. The highest BCUT2D eigenvalue weighted by atomic mass is 16.5. The lowest BCUT2D eigenvalue weighted by molar-refractivity contribution is 0.291. The number of ether oxygens (including phenoxy) is 1. The van der Waals surface area contributed by atoms with E-state index in [1.807, 2.05) is 16.8 Å². The topological polar surface area (TPSA) is 124 Å². The van der Waals surface area contributed by atoms with Crippen molar-refractivity contribution in [3.8, 4) is 28.5 Å². The summed E-state index contributed by atoms with van der Waals surface area (Å²) in [5.74, 6) is 1.53. The molecule has 9 heteroatoms. The second-order valence-electron chi connectivity index (χ2n) is 7.06. The SMILES string of the molecule is OCCNCCNc1ccc2c3c(nn2CCNCCO)-c2cc(O)ccc2Oc13. The van der Waals surface area contributed by atoms with Gasteiger partial charge in [-0.05, 0) is 30.3 Å². The van der Waals surface area contributed by atoms with Gasteiger partial charge in [0.15, 0.2) is 5.75 Å². The molecule has 0 fully saturated rings. The van der Waals surface area contributed by atoms with E-state index >= 15 is 0 Å². The molecule has 2 heterocycles. The average Bonchev–Trinajstić information content (AvgIpc) is 3.12. The number of phenolic OH excluding ortho intramolecular Hbond substituents is 1. The van der Waals surface area contributed by atoms with Crippen LogP contribution < -0.4 is 20.7 Å². The number of hydrogen-bond acceptors (Lipinski definition) is 8.